The number of carbonyl (C=O) groups excluding carboxylic acids is 1. The maximum atomic E-state index is 13.1. The van der Waals surface area contributed by atoms with Gasteiger partial charge in [0.05, 0.1) is 39.9 Å². The number of aliphatic hydroxyl groups excluding tert-OH is 1. The molecule has 8 nitrogen and oxygen atoms in total. The molecule has 0 radical (unpaired) electrons. The summed E-state index contributed by atoms with van der Waals surface area (Å²) in [6.07, 6.45) is 97.2. The summed E-state index contributed by atoms with van der Waals surface area (Å²) in [7, 11) is 1.25. The van der Waals surface area contributed by atoms with Crippen LogP contribution in [-0.4, -0.2) is 68.5 Å². The van der Waals surface area contributed by atoms with Crippen molar-refractivity contribution >= 4 is 13.7 Å². The first-order chi connectivity index (χ1) is 43.5. The number of quaternary nitrogens is 1. The molecule has 0 aliphatic carbocycles. The van der Waals surface area contributed by atoms with Gasteiger partial charge in [-0.15, -0.1) is 0 Å². The van der Waals surface area contributed by atoms with Crippen molar-refractivity contribution in [2.24, 2.45) is 0 Å². The number of allylic oxidation sites excluding steroid dienone is 7. The Labute approximate surface area is 556 Å². The van der Waals surface area contributed by atoms with E-state index in [0.29, 0.717) is 17.4 Å². The number of carbonyl (C=O) groups is 1. The van der Waals surface area contributed by atoms with E-state index in [4.69, 9.17) is 9.05 Å². The maximum Gasteiger partial charge on any atom is 0.268 e. The number of nitrogens with zero attached hydrogens (tertiary/aromatic N) is 1. The molecule has 0 aliphatic rings. The molecule has 0 aromatic rings. The number of aliphatic hydroxyl groups is 1. The summed E-state index contributed by atoms with van der Waals surface area (Å²) in [4.78, 5) is 25.7. The van der Waals surface area contributed by atoms with Crippen LogP contribution in [0.5, 0.6) is 0 Å². The smallest absolute Gasteiger partial charge is 0.268 e. The lowest BCUT2D eigenvalue weighted by Crippen LogP contribution is -2.45. The predicted molar refractivity (Wildman–Crippen MR) is 390 cm³/mol. The first kappa shape index (κ1) is 87.5. The molecule has 0 aliphatic heterocycles. The zero-order chi connectivity index (χ0) is 64.8. The third kappa shape index (κ3) is 73.7. The van der Waals surface area contributed by atoms with Gasteiger partial charge in [-0.1, -0.05) is 377 Å². The Morgan fingerprint density at radius 1 is 0.382 bits per heavy atom. The quantitative estimate of drug-likeness (QED) is 0.0272. The molecule has 3 unspecified atom stereocenters. The van der Waals surface area contributed by atoms with E-state index in [1.54, 1.807) is 6.08 Å². The van der Waals surface area contributed by atoms with Crippen LogP contribution >= 0.6 is 7.82 Å². The van der Waals surface area contributed by atoms with Gasteiger partial charge in [-0.25, -0.2) is 0 Å². The van der Waals surface area contributed by atoms with Crippen LogP contribution < -0.4 is 10.2 Å². The number of phosphoric acid groups is 1. The minimum Gasteiger partial charge on any atom is -0.756 e. The highest BCUT2D eigenvalue weighted by molar-refractivity contribution is 7.45. The molecule has 2 N–H and O–H groups in total. The molecular weight excluding hydrogens is 1120 g/mol. The van der Waals surface area contributed by atoms with Gasteiger partial charge < -0.3 is 28.8 Å². The van der Waals surface area contributed by atoms with Crippen molar-refractivity contribution in [1.29, 1.82) is 0 Å². The first-order valence-corrected chi connectivity index (χ1v) is 41.0. The Morgan fingerprint density at radius 3 is 0.910 bits per heavy atom. The molecule has 0 fully saturated rings. The van der Waals surface area contributed by atoms with Crippen LogP contribution in [0.15, 0.2) is 48.6 Å². The van der Waals surface area contributed by atoms with Gasteiger partial charge in [-0.3, -0.25) is 9.36 Å². The molecule has 89 heavy (non-hydrogen) atoms. The van der Waals surface area contributed by atoms with E-state index < -0.39 is 26.6 Å². The van der Waals surface area contributed by atoms with Gasteiger partial charge in [0, 0.05) is 6.42 Å². The van der Waals surface area contributed by atoms with Crippen molar-refractivity contribution in [2.45, 2.75) is 418 Å². The summed E-state index contributed by atoms with van der Waals surface area (Å²) < 4.78 is 23.5. The highest BCUT2D eigenvalue weighted by atomic mass is 31.2. The van der Waals surface area contributed by atoms with Crippen LogP contribution in [-0.2, 0) is 18.4 Å². The van der Waals surface area contributed by atoms with Crippen molar-refractivity contribution in [3.63, 3.8) is 0 Å². The Hall–Kier alpha value is -1.54. The first-order valence-electron chi connectivity index (χ1n) is 39.5. The lowest BCUT2D eigenvalue weighted by Gasteiger charge is -2.29. The molecule has 0 saturated carbocycles. The predicted octanol–water partition coefficient (Wildman–Crippen LogP) is 25.1. The van der Waals surface area contributed by atoms with Gasteiger partial charge in [0.25, 0.3) is 7.82 Å². The second-order valence-electron chi connectivity index (χ2n) is 28.4. The van der Waals surface area contributed by atoms with Gasteiger partial charge in [-0.2, -0.15) is 0 Å². The monoisotopic (exact) mass is 1270 g/mol. The highest BCUT2D eigenvalue weighted by Gasteiger charge is 2.23. The minimum atomic E-state index is -4.62. The van der Waals surface area contributed by atoms with Crippen LogP contribution in [0.4, 0.5) is 0 Å². The van der Waals surface area contributed by atoms with Gasteiger partial charge in [-0.05, 0) is 70.6 Å². The van der Waals surface area contributed by atoms with Crippen LogP contribution in [0.25, 0.3) is 0 Å². The van der Waals surface area contributed by atoms with E-state index in [2.05, 4.69) is 55.6 Å². The van der Waals surface area contributed by atoms with E-state index in [9.17, 15) is 19.4 Å². The molecule has 0 rings (SSSR count). The summed E-state index contributed by atoms with van der Waals surface area (Å²) in [6, 6.07) is -0.912. The van der Waals surface area contributed by atoms with E-state index in [0.717, 1.165) is 44.9 Å². The van der Waals surface area contributed by atoms with Gasteiger partial charge in [0.1, 0.15) is 13.2 Å². The molecule has 3 atom stereocenters. The third-order valence-corrected chi connectivity index (χ3v) is 19.2. The number of rotatable bonds is 74. The molecule has 0 aromatic carbocycles. The van der Waals surface area contributed by atoms with Crippen LogP contribution in [0.1, 0.15) is 406 Å². The summed E-state index contributed by atoms with van der Waals surface area (Å²) >= 11 is 0. The molecule has 0 spiro atoms. The van der Waals surface area contributed by atoms with Crippen molar-refractivity contribution in [1.82, 2.24) is 5.32 Å². The number of nitrogens with one attached hydrogen (secondary N) is 1. The largest absolute Gasteiger partial charge is 0.756 e. The van der Waals surface area contributed by atoms with Crippen LogP contribution in [0, 0.1) is 0 Å². The fourth-order valence-electron chi connectivity index (χ4n) is 12.1. The second kappa shape index (κ2) is 70.8. The molecular formula is C80H155N2O6P. The zero-order valence-corrected chi connectivity index (χ0v) is 61.3. The lowest BCUT2D eigenvalue weighted by atomic mass is 10.0. The molecule has 0 bridgehead atoms. The average molecular weight is 1270 g/mol. The molecule has 526 valence electrons. The number of unbranched alkanes of at least 4 members (excludes halogenated alkanes) is 55. The molecule has 9 heteroatoms. The number of hydrogen-bond acceptors (Lipinski definition) is 6. The Morgan fingerprint density at radius 2 is 0.629 bits per heavy atom. The van der Waals surface area contributed by atoms with E-state index in [1.165, 1.54) is 340 Å². The maximum absolute atomic E-state index is 13.1. The molecule has 0 heterocycles. The molecule has 0 aromatic heterocycles. The van der Waals surface area contributed by atoms with Gasteiger partial charge in [0.2, 0.25) is 5.91 Å². The summed E-state index contributed by atoms with van der Waals surface area (Å²) in [5, 5.41) is 14.0. The van der Waals surface area contributed by atoms with E-state index in [-0.39, 0.29) is 12.5 Å². The summed E-state index contributed by atoms with van der Waals surface area (Å²) in [5.74, 6) is -0.203. The van der Waals surface area contributed by atoms with Gasteiger partial charge >= 0.3 is 0 Å². The number of phosphoric ester groups is 1. The van der Waals surface area contributed by atoms with Crippen molar-refractivity contribution in [3.05, 3.63) is 48.6 Å². The number of amides is 1. The standard InChI is InChI=1S/C80H155N2O6P/c1-6-8-10-12-14-16-18-20-22-24-26-28-30-32-34-36-38-40-41-42-44-46-48-50-52-54-56-58-60-62-64-66-68-70-72-74-80(84)81-78(77-88-89(85,86)87-76-75-82(3,4)5)79(83)73-71-69-67-65-63-61-59-57-55-53-51-49-47-45-43-39-37-35-33-31-29-27-25-23-21-19-17-15-13-11-9-7-2/h24,26,55,57,63,65,71,73,78-79,83H,6-23,25,27-54,56,58-62,64,66-70,72,74-77H2,1-5H3,(H-,81,84,85,86)/b26-24-,57-55+,65-63+,73-71+. The van der Waals surface area contributed by atoms with Crippen LogP contribution in [0.3, 0.4) is 0 Å². The van der Waals surface area contributed by atoms with Crippen LogP contribution in [0.2, 0.25) is 0 Å². The van der Waals surface area contributed by atoms with Crippen molar-refractivity contribution < 1.29 is 32.9 Å². The average Bonchev–Trinajstić information content (AvgIpc) is 3.64. The lowest BCUT2D eigenvalue weighted by molar-refractivity contribution is -0.870. The van der Waals surface area contributed by atoms with E-state index in [1.807, 2.05) is 27.2 Å². The second-order valence-corrected chi connectivity index (χ2v) is 29.8. The molecule has 1 amide bonds. The van der Waals surface area contributed by atoms with Crippen molar-refractivity contribution in [3.8, 4) is 0 Å². The number of likely N-dealkylation sites (N-methyl/N-ethyl adjacent to an activating group) is 1. The highest BCUT2D eigenvalue weighted by Crippen LogP contribution is 2.38. The summed E-state index contributed by atoms with van der Waals surface area (Å²) in [6.45, 7) is 4.68. The van der Waals surface area contributed by atoms with Gasteiger partial charge in [0.15, 0.2) is 0 Å². The SMILES string of the molecule is CCCCCCCCCC/C=C\CCCCCCCCCCCCCCCCCCCCCCCCCC(=O)NC(COP(=O)([O-])OCC[N+](C)(C)C)C(O)/C=C/CC/C=C/CC/C=C/CCCCCCCCCCCCCCCCCCCCCCCC. The Kier molecular flexibility index (Phi) is 69.5. The van der Waals surface area contributed by atoms with E-state index >= 15 is 0 Å². The van der Waals surface area contributed by atoms with Crippen molar-refractivity contribution in [2.75, 3.05) is 40.9 Å². The fraction of sp³-hybridized carbons (Fsp3) is 0.887. The topological polar surface area (TPSA) is 108 Å². The number of hydrogen-bond donors (Lipinski definition) is 2. The summed E-state index contributed by atoms with van der Waals surface area (Å²) in [5.41, 5.74) is 0. The fourth-order valence-corrected chi connectivity index (χ4v) is 12.9. The Bertz CT molecular complexity index is 1590. The zero-order valence-electron chi connectivity index (χ0n) is 60.4. The third-order valence-electron chi connectivity index (χ3n) is 18.2. The Balaban J connectivity index is 4.01. The molecule has 0 saturated heterocycles. The normalized spacial score (nSPS) is 13.7. The minimum absolute atomic E-state index is 0.00777.